The van der Waals surface area contributed by atoms with E-state index in [-0.39, 0.29) is 22.0 Å². The monoisotopic (exact) mass is 444 g/mol. The number of rotatable bonds is 5. The van der Waals surface area contributed by atoms with Crippen molar-refractivity contribution in [3.05, 3.63) is 45.5 Å². The summed E-state index contributed by atoms with van der Waals surface area (Å²) in [7, 11) is 1.45. The average molecular weight is 445 g/mol. The second kappa shape index (κ2) is 8.47. The lowest BCUT2D eigenvalue weighted by Gasteiger charge is -2.16. The predicted molar refractivity (Wildman–Crippen MR) is 105 cm³/mol. The standard InChI is InChI=1S/C19H20ClF3N4O3/c1-8-7-24-13(20)6-12(8)26-17(29)14-9(2)15(27(5)10(14)3)16(28)18(30)25-11(4)19(21,22)23/h6-7,11H,1-5H3,(H,25,30)(H,24,26,29). The first-order valence-corrected chi connectivity index (χ1v) is 9.14. The molecule has 0 aliphatic rings. The van der Waals surface area contributed by atoms with Gasteiger partial charge in [0.05, 0.1) is 11.3 Å². The van der Waals surface area contributed by atoms with Gasteiger partial charge in [-0.3, -0.25) is 14.4 Å². The molecule has 2 aromatic rings. The first-order valence-electron chi connectivity index (χ1n) is 8.77. The van der Waals surface area contributed by atoms with Gasteiger partial charge in [0.15, 0.2) is 0 Å². The predicted octanol–water partition coefficient (Wildman–Crippen LogP) is 3.50. The third-order valence-electron chi connectivity index (χ3n) is 4.74. The van der Waals surface area contributed by atoms with E-state index in [4.69, 9.17) is 11.6 Å². The molecule has 0 saturated heterocycles. The molecule has 11 heteroatoms. The van der Waals surface area contributed by atoms with E-state index in [2.05, 4.69) is 10.3 Å². The van der Waals surface area contributed by atoms with Crippen molar-refractivity contribution in [1.82, 2.24) is 14.9 Å². The van der Waals surface area contributed by atoms with Gasteiger partial charge in [-0.1, -0.05) is 11.6 Å². The first kappa shape index (κ1) is 23.4. The van der Waals surface area contributed by atoms with Crippen molar-refractivity contribution in [2.24, 2.45) is 7.05 Å². The Morgan fingerprint density at radius 2 is 1.80 bits per heavy atom. The number of amides is 2. The van der Waals surface area contributed by atoms with Crippen LogP contribution in [0.1, 0.15) is 44.6 Å². The molecule has 0 aromatic carbocycles. The van der Waals surface area contributed by atoms with E-state index in [1.165, 1.54) is 30.8 Å². The molecule has 0 bridgehead atoms. The molecular weight excluding hydrogens is 425 g/mol. The van der Waals surface area contributed by atoms with E-state index in [0.717, 1.165) is 6.92 Å². The average Bonchev–Trinajstić information content (AvgIpc) is 2.85. The molecule has 2 amide bonds. The number of Topliss-reactive ketones (excluding diaryl/α,β-unsaturated/α-hetero) is 1. The number of aryl methyl sites for hydroxylation is 1. The topological polar surface area (TPSA) is 93.1 Å². The summed E-state index contributed by atoms with van der Waals surface area (Å²) in [6.07, 6.45) is -3.21. The van der Waals surface area contributed by atoms with Crippen molar-refractivity contribution in [1.29, 1.82) is 0 Å². The molecule has 1 atom stereocenters. The van der Waals surface area contributed by atoms with Gasteiger partial charge in [0, 0.05) is 24.6 Å². The van der Waals surface area contributed by atoms with Gasteiger partial charge < -0.3 is 15.2 Å². The van der Waals surface area contributed by atoms with Crippen LogP contribution in [0.3, 0.4) is 0 Å². The van der Waals surface area contributed by atoms with Crippen LogP contribution in [0.2, 0.25) is 5.15 Å². The van der Waals surface area contributed by atoms with Crippen LogP contribution in [0, 0.1) is 20.8 Å². The molecular formula is C19H20ClF3N4O3. The SMILES string of the molecule is Cc1cnc(Cl)cc1NC(=O)c1c(C)c(C(=O)C(=O)NC(C)C(F)(F)F)n(C)c1C. The highest BCUT2D eigenvalue weighted by atomic mass is 35.5. The number of carbonyl (C=O) groups is 3. The molecule has 162 valence electrons. The smallest absolute Gasteiger partial charge is 0.344 e. The Morgan fingerprint density at radius 3 is 2.37 bits per heavy atom. The number of halogens is 4. The summed E-state index contributed by atoms with van der Waals surface area (Å²) in [4.78, 5) is 41.3. The molecule has 0 aliphatic carbocycles. The number of anilines is 1. The van der Waals surface area contributed by atoms with E-state index in [0.29, 0.717) is 16.9 Å². The van der Waals surface area contributed by atoms with E-state index in [9.17, 15) is 27.6 Å². The lowest BCUT2D eigenvalue weighted by Crippen LogP contribution is -2.46. The van der Waals surface area contributed by atoms with Crippen LogP contribution in [-0.4, -0.2) is 39.4 Å². The maximum absolute atomic E-state index is 12.8. The van der Waals surface area contributed by atoms with E-state index < -0.39 is 29.8 Å². The summed E-state index contributed by atoms with van der Waals surface area (Å²) in [6.45, 7) is 5.45. The molecule has 2 rings (SSSR count). The van der Waals surface area contributed by atoms with E-state index in [1.807, 2.05) is 0 Å². The molecule has 2 heterocycles. The van der Waals surface area contributed by atoms with Crippen molar-refractivity contribution >= 4 is 34.9 Å². The zero-order valence-electron chi connectivity index (χ0n) is 16.9. The molecule has 2 N–H and O–H groups in total. The Bertz CT molecular complexity index is 1030. The lowest BCUT2D eigenvalue weighted by atomic mass is 10.1. The van der Waals surface area contributed by atoms with Crippen molar-refractivity contribution < 1.29 is 27.6 Å². The fourth-order valence-corrected chi connectivity index (χ4v) is 3.06. The van der Waals surface area contributed by atoms with E-state index >= 15 is 0 Å². The minimum Gasteiger partial charge on any atom is -0.344 e. The van der Waals surface area contributed by atoms with Crippen molar-refractivity contribution in [2.75, 3.05) is 5.32 Å². The Morgan fingerprint density at radius 1 is 1.20 bits per heavy atom. The lowest BCUT2D eigenvalue weighted by molar-refractivity contribution is -0.156. The van der Waals surface area contributed by atoms with Crippen LogP contribution in [0.25, 0.3) is 0 Å². The van der Waals surface area contributed by atoms with Crippen molar-refractivity contribution in [2.45, 2.75) is 39.9 Å². The second-order valence-corrected chi connectivity index (χ2v) is 7.22. The quantitative estimate of drug-likeness (QED) is 0.419. The van der Waals surface area contributed by atoms with Crippen LogP contribution >= 0.6 is 11.6 Å². The molecule has 0 aliphatic heterocycles. The normalized spacial score (nSPS) is 12.4. The maximum atomic E-state index is 12.8. The molecule has 7 nitrogen and oxygen atoms in total. The number of alkyl halides is 3. The number of aromatic nitrogens is 2. The van der Waals surface area contributed by atoms with Crippen LogP contribution in [-0.2, 0) is 11.8 Å². The summed E-state index contributed by atoms with van der Waals surface area (Å²) in [6, 6.07) is -0.738. The molecule has 2 aromatic heterocycles. The van der Waals surface area contributed by atoms with Gasteiger partial charge in [-0.05, 0) is 44.9 Å². The summed E-state index contributed by atoms with van der Waals surface area (Å²) in [5, 5.41) is 4.48. The van der Waals surface area contributed by atoms with Gasteiger partial charge in [-0.2, -0.15) is 13.2 Å². The highest BCUT2D eigenvalue weighted by molar-refractivity contribution is 6.43. The molecule has 0 saturated carbocycles. The van der Waals surface area contributed by atoms with E-state index in [1.54, 1.807) is 19.2 Å². The molecule has 0 radical (unpaired) electrons. The molecule has 0 fully saturated rings. The Labute approximate surface area is 175 Å². The Balaban J connectivity index is 2.36. The zero-order valence-corrected chi connectivity index (χ0v) is 17.6. The van der Waals surface area contributed by atoms with Crippen LogP contribution in [0.15, 0.2) is 12.3 Å². The van der Waals surface area contributed by atoms with Gasteiger partial charge in [0.25, 0.3) is 17.6 Å². The van der Waals surface area contributed by atoms with Gasteiger partial charge in [0.1, 0.15) is 11.2 Å². The number of carbonyl (C=O) groups excluding carboxylic acids is 3. The van der Waals surface area contributed by atoms with Crippen LogP contribution in [0.4, 0.5) is 18.9 Å². The van der Waals surface area contributed by atoms with Gasteiger partial charge >= 0.3 is 6.18 Å². The Kier molecular flexibility index (Phi) is 6.60. The number of pyridine rings is 1. The van der Waals surface area contributed by atoms with Gasteiger partial charge in [-0.25, -0.2) is 4.98 Å². The number of ketones is 1. The number of nitrogens with zero attached hydrogens (tertiary/aromatic N) is 2. The van der Waals surface area contributed by atoms with Crippen molar-refractivity contribution in [3.63, 3.8) is 0 Å². The van der Waals surface area contributed by atoms with Crippen molar-refractivity contribution in [3.8, 4) is 0 Å². The summed E-state index contributed by atoms with van der Waals surface area (Å²) in [5.41, 5.74) is 1.55. The summed E-state index contributed by atoms with van der Waals surface area (Å²) in [5.74, 6) is -3.14. The molecule has 0 spiro atoms. The maximum Gasteiger partial charge on any atom is 0.408 e. The largest absolute Gasteiger partial charge is 0.408 e. The van der Waals surface area contributed by atoms with Gasteiger partial charge in [-0.15, -0.1) is 0 Å². The number of hydrogen-bond acceptors (Lipinski definition) is 4. The summed E-state index contributed by atoms with van der Waals surface area (Å²) < 4.78 is 39.3. The fourth-order valence-electron chi connectivity index (χ4n) is 2.90. The van der Waals surface area contributed by atoms with Crippen LogP contribution in [0.5, 0.6) is 0 Å². The van der Waals surface area contributed by atoms with Gasteiger partial charge in [0.2, 0.25) is 0 Å². The number of nitrogens with one attached hydrogen (secondary N) is 2. The summed E-state index contributed by atoms with van der Waals surface area (Å²) >= 11 is 5.85. The molecule has 30 heavy (non-hydrogen) atoms. The first-order chi connectivity index (χ1) is 13.8. The zero-order chi connectivity index (χ0) is 23.0. The highest BCUT2D eigenvalue weighted by Crippen LogP contribution is 2.25. The Hall–Kier alpha value is -2.88. The minimum atomic E-state index is -4.69. The third kappa shape index (κ3) is 4.64. The molecule has 1 unspecified atom stereocenters. The second-order valence-electron chi connectivity index (χ2n) is 6.83. The van der Waals surface area contributed by atoms with Crippen LogP contribution < -0.4 is 10.6 Å². The number of hydrogen-bond donors (Lipinski definition) is 2. The highest BCUT2D eigenvalue weighted by Gasteiger charge is 2.39. The third-order valence-corrected chi connectivity index (χ3v) is 4.94. The fraction of sp³-hybridized carbons (Fsp3) is 0.368. The minimum absolute atomic E-state index is 0.129.